The first-order valence-electron chi connectivity index (χ1n) is 7.87. The molecule has 0 aliphatic carbocycles. The summed E-state index contributed by atoms with van der Waals surface area (Å²) >= 11 is 1.32. The highest BCUT2D eigenvalue weighted by atomic mass is 32.2. The molecule has 1 aromatic carbocycles. The topological polar surface area (TPSA) is 88.2 Å². The van der Waals surface area contributed by atoms with Crippen LogP contribution in [0.1, 0.15) is 25.3 Å². The second kappa shape index (κ2) is 6.97. The summed E-state index contributed by atoms with van der Waals surface area (Å²) in [6.45, 7) is 4.28. The van der Waals surface area contributed by atoms with Gasteiger partial charge in [0.2, 0.25) is 0 Å². The Labute approximate surface area is 150 Å². The molecule has 3 rings (SSSR count). The molecule has 8 heteroatoms. The second-order valence-electron chi connectivity index (χ2n) is 6.18. The lowest BCUT2D eigenvalue weighted by Gasteiger charge is -2.09. The molecule has 2 heterocycles. The smallest absolute Gasteiger partial charge is 0.321 e. The highest BCUT2D eigenvalue weighted by Gasteiger charge is 2.23. The Kier molecular flexibility index (Phi) is 4.91. The van der Waals surface area contributed by atoms with Crippen LogP contribution in [0.15, 0.2) is 41.1 Å². The number of sulfone groups is 1. The van der Waals surface area contributed by atoms with Crippen LogP contribution in [0, 0.1) is 0 Å². The molecule has 2 N–H and O–H groups in total. The fraction of sp³-hybridized carbons (Fsp3) is 0.294. The number of nitrogens with one attached hydrogen (secondary N) is 2. The molecule has 1 atom stereocenters. The molecule has 0 spiro atoms. The van der Waals surface area contributed by atoms with Gasteiger partial charge in [-0.15, -0.1) is 11.3 Å². The number of benzene rings is 1. The Morgan fingerprint density at radius 2 is 2.00 bits per heavy atom. The maximum Gasteiger partial charge on any atom is 0.321 e. The van der Waals surface area contributed by atoms with Gasteiger partial charge in [0.1, 0.15) is 0 Å². The minimum absolute atomic E-state index is 0.105. The Morgan fingerprint density at radius 3 is 2.60 bits per heavy atom. The predicted molar refractivity (Wildman–Crippen MR) is 101 cm³/mol. The van der Waals surface area contributed by atoms with Crippen molar-refractivity contribution in [3.05, 3.63) is 46.7 Å². The van der Waals surface area contributed by atoms with Gasteiger partial charge >= 0.3 is 6.03 Å². The fourth-order valence-corrected chi connectivity index (χ4v) is 4.42. The number of hydrogen-bond acceptors (Lipinski definition) is 5. The summed E-state index contributed by atoms with van der Waals surface area (Å²) in [6.07, 6.45) is 1.47. The van der Waals surface area contributed by atoms with Gasteiger partial charge in [-0.1, -0.05) is 38.1 Å². The fourth-order valence-electron chi connectivity index (χ4n) is 2.47. The lowest BCUT2D eigenvalue weighted by molar-refractivity contribution is 0.251. The summed E-state index contributed by atoms with van der Waals surface area (Å²) in [5.41, 5.74) is 3.04. The van der Waals surface area contributed by atoms with Crippen LogP contribution in [-0.4, -0.2) is 31.2 Å². The van der Waals surface area contributed by atoms with Gasteiger partial charge in [-0.25, -0.2) is 18.2 Å². The number of carbonyl (C=O) groups is 1. The van der Waals surface area contributed by atoms with E-state index in [2.05, 4.69) is 41.6 Å². The maximum atomic E-state index is 12.0. The molecular weight excluding hydrogens is 358 g/mol. The van der Waals surface area contributed by atoms with E-state index >= 15 is 0 Å². The van der Waals surface area contributed by atoms with Crippen LogP contribution in [0.4, 0.5) is 9.93 Å². The largest absolute Gasteiger partial charge is 0.331 e. The van der Waals surface area contributed by atoms with Crippen LogP contribution in [0.3, 0.4) is 0 Å². The molecule has 6 nitrogen and oxygen atoms in total. The van der Waals surface area contributed by atoms with Gasteiger partial charge in [0.25, 0.3) is 0 Å². The molecular formula is C17H19N3O3S2. The molecule has 0 saturated heterocycles. The van der Waals surface area contributed by atoms with Crippen LogP contribution in [0.25, 0.3) is 11.3 Å². The van der Waals surface area contributed by atoms with Crippen molar-refractivity contribution >= 4 is 32.3 Å². The molecule has 132 valence electrons. The van der Waals surface area contributed by atoms with Crippen molar-refractivity contribution in [2.24, 2.45) is 0 Å². The third-order valence-corrected chi connectivity index (χ3v) is 6.00. The number of anilines is 1. The number of carbonyl (C=O) groups excluding carboxylic acids is 1. The van der Waals surface area contributed by atoms with Crippen molar-refractivity contribution in [2.75, 3.05) is 11.1 Å². The summed E-state index contributed by atoms with van der Waals surface area (Å²) in [5.74, 6) is 0.366. The quantitative estimate of drug-likeness (QED) is 0.855. The molecule has 0 saturated carbocycles. The summed E-state index contributed by atoms with van der Waals surface area (Å²) in [4.78, 5) is 16.4. The molecule has 2 amide bonds. The molecule has 1 aliphatic rings. The molecule has 0 bridgehead atoms. The molecule has 1 aromatic heterocycles. The van der Waals surface area contributed by atoms with Crippen LogP contribution >= 0.6 is 11.3 Å². The lowest BCUT2D eigenvalue weighted by atomic mass is 10.0. The summed E-state index contributed by atoms with van der Waals surface area (Å²) < 4.78 is 22.7. The number of aromatic nitrogens is 1. The van der Waals surface area contributed by atoms with E-state index in [9.17, 15) is 13.2 Å². The van der Waals surface area contributed by atoms with Crippen molar-refractivity contribution in [1.82, 2.24) is 10.3 Å². The SMILES string of the molecule is CC(C)c1ccc(-c2csc(NC(=O)N[C@@H]3C=CS(=O)(=O)C3)n2)cc1. The second-order valence-corrected chi connectivity index (χ2v) is 8.97. The van der Waals surface area contributed by atoms with Gasteiger partial charge in [-0.2, -0.15) is 0 Å². The normalized spacial score (nSPS) is 18.4. The van der Waals surface area contributed by atoms with Gasteiger partial charge in [0.15, 0.2) is 15.0 Å². The summed E-state index contributed by atoms with van der Waals surface area (Å²) in [5, 5.41) is 8.71. The minimum Gasteiger partial charge on any atom is -0.331 e. The number of rotatable bonds is 4. The number of thiazole rings is 1. The zero-order valence-corrected chi connectivity index (χ0v) is 15.5. The van der Waals surface area contributed by atoms with Gasteiger partial charge in [0.05, 0.1) is 17.5 Å². The van der Waals surface area contributed by atoms with E-state index in [1.807, 2.05) is 17.5 Å². The third-order valence-electron chi connectivity index (χ3n) is 3.84. The Bertz CT molecular complexity index is 899. The van der Waals surface area contributed by atoms with Crippen LogP contribution in [0.5, 0.6) is 0 Å². The molecule has 0 unspecified atom stereocenters. The zero-order chi connectivity index (χ0) is 18.0. The van der Waals surface area contributed by atoms with E-state index in [4.69, 9.17) is 0 Å². The van der Waals surface area contributed by atoms with E-state index < -0.39 is 21.9 Å². The third kappa shape index (κ3) is 4.46. The van der Waals surface area contributed by atoms with Crippen molar-refractivity contribution in [3.8, 4) is 11.3 Å². The maximum absolute atomic E-state index is 12.0. The van der Waals surface area contributed by atoms with E-state index in [0.717, 1.165) is 16.7 Å². The number of nitrogens with zero attached hydrogens (tertiary/aromatic N) is 1. The van der Waals surface area contributed by atoms with E-state index in [0.29, 0.717) is 11.0 Å². The van der Waals surface area contributed by atoms with E-state index in [-0.39, 0.29) is 5.75 Å². The first-order chi connectivity index (χ1) is 11.8. The first-order valence-corrected chi connectivity index (χ1v) is 10.5. The van der Waals surface area contributed by atoms with Crippen LogP contribution < -0.4 is 10.6 Å². The summed E-state index contributed by atoms with van der Waals surface area (Å²) in [7, 11) is -3.19. The Balaban J connectivity index is 1.61. The summed E-state index contributed by atoms with van der Waals surface area (Å²) in [6, 6.07) is 7.21. The van der Waals surface area contributed by atoms with E-state index in [1.54, 1.807) is 0 Å². The van der Waals surface area contributed by atoms with Crippen molar-refractivity contribution in [1.29, 1.82) is 0 Å². The molecule has 1 aliphatic heterocycles. The number of amides is 2. The number of hydrogen-bond donors (Lipinski definition) is 2. The van der Waals surface area contributed by atoms with Gasteiger partial charge in [-0.05, 0) is 17.6 Å². The first kappa shape index (κ1) is 17.6. The van der Waals surface area contributed by atoms with Gasteiger partial charge in [-0.3, -0.25) is 5.32 Å². The Hall–Kier alpha value is -2.19. The minimum atomic E-state index is -3.19. The molecule has 25 heavy (non-hydrogen) atoms. The van der Waals surface area contributed by atoms with Gasteiger partial charge < -0.3 is 5.32 Å². The highest BCUT2D eigenvalue weighted by Crippen LogP contribution is 2.26. The van der Waals surface area contributed by atoms with Gasteiger partial charge in [0, 0.05) is 16.4 Å². The highest BCUT2D eigenvalue weighted by molar-refractivity contribution is 7.94. The van der Waals surface area contributed by atoms with Crippen LogP contribution in [0.2, 0.25) is 0 Å². The van der Waals surface area contributed by atoms with E-state index in [1.165, 1.54) is 23.0 Å². The predicted octanol–water partition coefficient (Wildman–Crippen LogP) is 3.37. The van der Waals surface area contributed by atoms with Crippen molar-refractivity contribution in [3.63, 3.8) is 0 Å². The average molecular weight is 377 g/mol. The van der Waals surface area contributed by atoms with Crippen molar-refractivity contribution < 1.29 is 13.2 Å². The Morgan fingerprint density at radius 1 is 1.28 bits per heavy atom. The lowest BCUT2D eigenvalue weighted by Crippen LogP contribution is -2.38. The monoisotopic (exact) mass is 377 g/mol. The molecule has 0 radical (unpaired) electrons. The molecule has 2 aromatic rings. The number of urea groups is 1. The van der Waals surface area contributed by atoms with Crippen LogP contribution in [-0.2, 0) is 9.84 Å². The average Bonchev–Trinajstić information content (AvgIpc) is 3.13. The molecule has 0 fully saturated rings. The van der Waals surface area contributed by atoms with Crippen molar-refractivity contribution in [2.45, 2.75) is 25.8 Å². The zero-order valence-electron chi connectivity index (χ0n) is 13.9. The standard InChI is InChI=1S/C17H19N3O3S2/c1-11(2)12-3-5-13(6-4-12)15-9-24-17(19-15)20-16(21)18-14-7-8-25(22,23)10-14/h3-9,11,14H,10H2,1-2H3,(H2,18,19,20,21)/t14-/m1/s1.